The van der Waals surface area contributed by atoms with Crippen LogP contribution >= 0.6 is 0 Å². The van der Waals surface area contributed by atoms with Gasteiger partial charge in [-0.05, 0) is 0 Å². The van der Waals surface area contributed by atoms with Crippen LogP contribution in [0.5, 0.6) is 0 Å². The Morgan fingerprint density at radius 3 is 2.00 bits per heavy atom. The summed E-state index contributed by atoms with van der Waals surface area (Å²) in [5, 5.41) is 2.82. The van der Waals surface area contributed by atoms with Gasteiger partial charge >= 0.3 is 18.1 Å². The predicted octanol–water partition coefficient (Wildman–Crippen LogP) is 1.42. The van der Waals surface area contributed by atoms with Gasteiger partial charge in [0.2, 0.25) is 5.91 Å². The molecule has 2 N–H and O–H groups in total. The van der Waals surface area contributed by atoms with E-state index in [0.717, 1.165) is 0 Å². The second-order valence-corrected chi connectivity index (χ2v) is 2.79. The van der Waals surface area contributed by atoms with Crippen molar-refractivity contribution in [1.29, 1.82) is 0 Å². The average molecular weight is 248 g/mol. The van der Waals surface area contributed by atoms with Crippen LogP contribution in [0, 0.1) is 0 Å². The molecule has 0 aliphatic carbocycles. The number of nitrogens with one attached hydrogen (secondary N) is 2. The molecule has 16 heavy (non-hydrogen) atoms. The molecule has 4 nitrogen and oxygen atoms in total. The van der Waals surface area contributed by atoms with Crippen molar-refractivity contribution in [2.75, 3.05) is 6.54 Å². The maximum absolute atomic E-state index is 12.3. The molecule has 0 aliphatic rings. The van der Waals surface area contributed by atoms with Crippen molar-refractivity contribution >= 4 is 11.9 Å². The third-order valence-corrected chi connectivity index (χ3v) is 1.46. The molecule has 0 fully saturated rings. The Kier molecular flexibility index (Phi) is 4.63. The van der Waals surface area contributed by atoms with Crippen LogP contribution in [0.1, 0.15) is 13.3 Å². The lowest BCUT2D eigenvalue weighted by molar-refractivity contribution is -0.278. The van der Waals surface area contributed by atoms with Gasteiger partial charge in [0.05, 0.1) is 6.54 Å². The summed E-state index contributed by atoms with van der Waals surface area (Å²) in [5.41, 5.74) is 0. The minimum Gasteiger partial charge on any atom is -0.331 e. The molecular weight excluding hydrogens is 239 g/mol. The Labute approximate surface area is 87.2 Å². The number of imide groups is 1. The summed E-state index contributed by atoms with van der Waals surface area (Å²) in [7, 11) is 0. The molecule has 0 radical (unpaired) electrons. The van der Waals surface area contributed by atoms with Gasteiger partial charge in [-0.2, -0.15) is 22.0 Å². The first kappa shape index (κ1) is 14.6. The number of hydrogen-bond acceptors (Lipinski definition) is 2. The molecule has 0 unspecified atom stereocenters. The summed E-state index contributed by atoms with van der Waals surface area (Å²) >= 11 is 0. The lowest BCUT2D eigenvalue weighted by Crippen LogP contribution is -2.50. The highest BCUT2D eigenvalue weighted by Crippen LogP contribution is 2.34. The number of amides is 3. The zero-order chi connectivity index (χ0) is 13.0. The van der Waals surface area contributed by atoms with Crippen LogP contribution in [0.15, 0.2) is 0 Å². The normalized spacial score (nSPS) is 12.1. The number of alkyl halides is 5. The molecule has 0 bridgehead atoms. The van der Waals surface area contributed by atoms with Gasteiger partial charge in [-0.15, -0.1) is 0 Å². The van der Waals surface area contributed by atoms with Crippen molar-refractivity contribution < 1.29 is 31.5 Å². The monoisotopic (exact) mass is 248 g/mol. The summed E-state index contributed by atoms with van der Waals surface area (Å²) in [5.74, 6) is -5.81. The van der Waals surface area contributed by atoms with Crippen molar-refractivity contribution in [3.05, 3.63) is 0 Å². The molecule has 0 aromatic rings. The van der Waals surface area contributed by atoms with E-state index in [1.54, 1.807) is 5.32 Å². The fourth-order valence-electron chi connectivity index (χ4n) is 0.551. The van der Waals surface area contributed by atoms with E-state index in [2.05, 4.69) is 0 Å². The van der Waals surface area contributed by atoms with Crippen LogP contribution in [0.4, 0.5) is 26.7 Å². The Morgan fingerprint density at radius 2 is 1.62 bits per heavy atom. The molecule has 0 saturated heterocycles. The van der Waals surface area contributed by atoms with E-state index >= 15 is 0 Å². The third kappa shape index (κ3) is 4.41. The quantitative estimate of drug-likeness (QED) is 0.742. The van der Waals surface area contributed by atoms with Crippen molar-refractivity contribution in [2.24, 2.45) is 0 Å². The summed E-state index contributed by atoms with van der Waals surface area (Å²) in [6.45, 7) is -0.535. The molecule has 0 rings (SSSR count). The first-order valence-electron chi connectivity index (χ1n) is 4.12. The standard InChI is InChI=1S/C7H9F5N2O2/c1-2-4(15)14-5(16)13-3-6(8,9)7(10,11)12/h2-3H2,1H3,(H2,13,14,15,16). The first-order valence-corrected chi connectivity index (χ1v) is 4.12. The van der Waals surface area contributed by atoms with Gasteiger partial charge in [0.25, 0.3) is 0 Å². The molecule has 0 spiro atoms. The summed E-state index contributed by atoms with van der Waals surface area (Å²) in [6.07, 6.45) is -5.84. The number of halogens is 5. The Bertz CT molecular complexity index is 276. The Morgan fingerprint density at radius 1 is 1.12 bits per heavy atom. The van der Waals surface area contributed by atoms with Gasteiger partial charge in [0.1, 0.15) is 0 Å². The van der Waals surface area contributed by atoms with Crippen molar-refractivity contribution in [3.63, 3.8) is 0 Å². The molecule has 9 heteroatoms. The minimum atomic E-state index is -5.74. The second kappa shape index (κ2) is 5.08. The van der Waals surface area contributed by atoms with Crippen LogP contribution in [0.3, 0.4) is 0 Å². The number of urea groups is 1. The number of carbonyl (C=O) groups excluding carboxylic acids is 2. The fourth-order valence-corrected chi connectivity index (χ4v) is 0.551. The van der Waals surface area contributed by atoms with Crippen LogP contribution in [0.25, 0.3) is 0 Å². The van der Waals surface area contributed by atoms with Gasteiger partial charge in [-0.25, -0.2) is 4.79 Å². The number of carbonyl (C=O) groups is 2. The van der Waals surface area contributed by atoms with Gasteiger partial charge < -0.3 is 5.32 Å². The predicted molar refractivity (Wildman–Crippen MR) is 42.8 cm³/mol. The number of hydrogen-bond donors (Lipinski definition) is 2. The van der Waals surface area contributed by atoms with Crippen LogP contribution < -0.4 is 10.6 Å². The third-order valence-electron chi connectivity index (χ3n) is 1.46. The molecule has 94 valence electrons. The first-order chi connectivity index (χ1) is 7.10. The van der Waals surface area contributed by atoms with E-state index in [1.165, 1.54) is 12.2 Å². The highest BCUT2D eigenvalue weighted by atomic mass is 19.4. The van der Waals surface area contributed by atoms with Crippen molar-refractivity contribution in [2.45, 2.75) is 25.4 Å². The lowest BCUT2D eigenvalue weighted by atomic mass is 10.3. The summed E-state index contributed by atoms with van der Waals surface area (Å²) in [4.78, 5) is 21.2. The smallest absolute Gasteiger partial charge is 0.331 e. The molecule has 0 aromatic heterocycles. The van der Waals surface area contributed by atoms with Crippen LogP contribution in [-0.2, 0) is 4.79 Å². The maximum atomic E-state index is 12.3. The zero-order valence-electron chi connectivity index (χ0n) is 8.12. The Balaban J connectivity index is 4.16. The van der Waals surface area contributed by atoms with Gasteiger partial charge in [-0.1, -0.05) is 6.92 Å². The van der Waals surface area contributed by atoms with Crippen LogP contribution in [0.2, 0.25) is 0 Å². The van der Waals surface area contributed by atoms with Crippen molar-refractivity contribution in [1.82, 2.24) is 10.6 Å². The average Bonchev–Trinajstić information content (AvgIpc) is 2.13. The largest absolute Gasteiger partial charge is 0.455 e. The second-order valence-electron chi connectivity index (χ2n) is 2.79. The molecule has 0 aromatic carbocycles. The highest BCUT2D eigenvalue weighted by molar-refractivity contribution is 5.94. The molecule has 3 amide bonds. The lowest BCUT2D eigenvalue weighted by Gasteiger charge is -2.19. The van der Waals surface area contributed by atoms with E-state index in [0.29, 0.717) is 0 Å². The van der Waals surface area contributed by atoms with Gasteiger partial charge in [0.15, 0.2) is 0 Å². The maximum Gasteiger partial charge on any atom is 0.455 e. The van der Waals surface area contributed by atoms with E-state index in [9.17, 15) is 31.5 Å². The van der Waals surface area contributed by atoms with Gasteiger partial charge in [-0.3, -0.25) is 10.1 Å². The topological polar surface area (TPSA) is 58.2 Å². The SMILES string of the molecule is CCC(=O)NC(=O)NCC(F)(F)C(F)(F)F. The van der Waals surface area contributed by atoms with E-state index in [1.807, 2.05) is 0 Å². The molecular formula is C7H9F5N2O2. The van der Waals surface area contributed by atoms with Crippen molar-refractivity contribution in [3.8, 4) is 0 Å². The summed E-state index contributed by atoms with van der Waals surface area (Å²) < 4.78 is 59.4. The van der Waals surface area contributed by atoms with Gasteiger partial charge in [0, 0.05) is 6.42 Å². The minimum absolute atomic E-state index is 0.0942. The molecule has 0 saturated carbocycles. The summed E-state index contributed by atoms with van der Waals surface area (Å²) in [6, 6.07) is -1.39. The van der Waals surface area contributed by atoms with E-state index < -0.39 is 30.6 Å². The molecule has 0 aliphatic heterocycles. The zero-order valence-corrected chi connectivity index (χ0v) is 8.12. The van der Waals surface area contributed by atoms with E-state index in [4.69, 9.17) is 0 Å². The molecule has 0 atom stereocenters. The van der Waals surface area contributed by atoms with Crippen LogP contribution in [-0.4, -0.2) is 30.6 Å². The highest BCUT2D eigenvalue weighted by Gasteiger charge is 2.57. The molecule has 0 heterocycles. The fraction of sp³-hybridized carbons (Fsp3) is 0.714. The number of rotatable bonds is 3. The van der Waals surface area contributed by atoms with E-state index in [-0.39, 0.29) is 6.42 Å². The Hall–Kier alpha value is -1.41.